The van der Waals surface area contributed by atoms with Gasteiger partial charge in [0, 0.05) is 19.1 Å². The van der Waals surface area contributed by atoms with Crippen LogP contribution in [0.1, 0.15) is 31.0 Å². The van der Waals surface area contributed by atoms with E-state index in [9.17, 15) is 4.79 Å². The van der Waals surface area contributed by atoms with Crippen LogP contribution in [0.25, 0.3) is 0 Å². The summed E-state index contributed by atoms with van der Waals surface area (Å²) >= 11 is 0. The van der Waals surface area contributed by atoms with E-state index in [-0.39, 0.29) is 18.6 Å². The average molecular weight is 276 g/mol. The van der Waals surface area contributed by atoms with Crippen LogP contribution in [0.5, 0.6) is 0 Å². The van der Waals surface area contributed by atoms with E-state index in [1.54, 1.807) is 4.90 Å². The lowest BCUT2D eigenvalue weighted by Gasteiger charge is -2.29. The molecule has 1 aromatic carbocycles. The van der Waals surface area contributed by atoms with E-state index in [4.69, 9.17) is 10.5 Å². The SMILES string of the molecule is CC(C)Cc1ccc(C(N)CN2CCOCC2=O)cc1. The molecule has 0 aliphatic carbocycles. The van der Waals surface area contributed by atoms with Gasteiger partial charge in [0.15, 0.2) is 0 Å². The van der Waals surface area contributed by atoms with Crippen molar-refractivity contribution in [1.82, 2.24) is 4.90 Å². The molecule has 1 heterocycles. The Balaban J connectivity index is 1.94. The zero-order chi connectivity index (χ0) is 14.5. The van der Waals surface area contributed by atoms with E-state index < -0.39 is 0 Å². The number of benzene rings is 1. The first-order chi connectivity index (χ1) is 9.56. The topological polar surface area (TPSA) is 55.6 Å². The molecular formula is C16H24N2O2. The minimum atomic E-state index is -0.134. The fourth-order valence-electron chi connectivity index (χ4n) is 2.46. The zero-order valence-corrected chi connectivity index (χ0v) is 12.3. The first-order valence-corrected chi connectivity index (χ1v) is 7.26. The van der Waals surface area contributed by atoms with Gasteiger partial charge in [-0.1, -0.05) is 38.1 Å². The summed E-state index contributed by atoms with van der Waals surface area (Å²) in [5.41, 5.74) is 8.62. The molecule has 2 rings (SSSR count). The number of rotatable bonds is 5. The molecule has 2 N–H and O–H groups in total. The smallest absolute Gasteiger partial charge is 0.248 e. The molecule has 1 unspecified atom stereocenters. The molecule has 1 aliphatic heterocycles. The number of nitrogens with zero attached hydrogens (tertiary/aromatic N) is 1. The molecule has 4 heteroatoms. The van der Waals surface area contributed by atoms with Gasteiger partial charge < -0.3 is 15.4 Å². The Hall–Kier alpha value is -1.39. The van der Waals surface area contributed by atoms with Crippen LogP contribution >= 0.6 is 0 Å². The highest BCUT2D eigenvalue weighted by Gasteiger charge is 2.21. The van der Waals surface area contributed by atoms with Gasteiger partial charge in [-0.2, -0.15) is 0 Å². The third-order valence-corrected chi connectivity index (χ3v) is 3.55. The van der Waals surface area contributed by atoms with Crippen molar-refractivity contribution in [1.29, 1.82) is 0 Å². The number of nitrogens with two attached hydrogens (primary N) is 1. The van der Waals surface area contributed by atoms with Crippen LogP contribution in [0, 0.1) is 5.92 Å². The van der Waals surface area contributed by atoms with Gasteiger partial charge in [-0.3, -0.25) is 4.79 Å². The Labute approximate surface area is 120 Å². The van der Waals surface area contributed by atoms with E-state index in [2.05, 4.69) is 38.1 Å². The van der Waals surface area contributed by atoms with Crippen LogP contribution in [0.4, 0.5) is 0 Å². The van der Waals surface area contributed by atoms with E-state index in [1.165, 1.54) is 5.56 Å². The van der Waals surface area contributed by atoms with E-state index in [1.807, 2.05) is 0 Å². The van der Waals surface area contributed by atoms with Gasteiger partial charge in [0.1, 0.15) is 6.61 Å². The van der Waals surface area contributed by atoms with Crippen molar-refractivity contribution in [2.24, 2.45) is 11.7 Å². The molecule has 1 saturated heterocycles. The molecule has 0 spiro atoms. The molecular weight excluding hydrogens is 252 g/mol. The number of ether oxygens (including phenoxy) is 1. The minimum absolute atomic E-state index is 0.0307. The van der Waals surface area contributed by atoms with Gasteiger partial charge in [0.05, 0.1) is 6.61 Å². The molecule has 1 amide bonds. The summed E-state index contributed by atoms with van der Waals surface area (Å²) in [6.45, 7) is 6.41. The van der Waals surface area contributed by atoms with Crippen molar-refractivity contribution < 1.29 is 9.53 Å². The van der Waals surface area contributed by atoms with Crippen LogP contribution in [0.3, 0.4) is 0 Å². The number of morpholine rings is 1. The standard InChI is InChI=1S/C16H24N2O2/c1-12(2)9-13-3-5-14(6-4-13)15(17)10-18-7-8-20-11-16(18)19/h3-6,12,15H,7-11,17H2,1-2H3. The predicted molar refractivity (Wildman–Crippen MR) is 79.3 cm³/mol. The quantitative estimate of drug-likeness (QED) is 0.891. The lowest BCUT2D eigenvalue weighted by atomic mass is 9.99. The molecule has 4 nitrogen and oxygen atoms in total. The monoisotopic (exact) mass is 276 g/mol. The zero-order valence-electron chi connectivity index (χ0n) is 12.3. The van der Waals surface area contributed by atoms with E-state index in [0.717, 1.165) is 12.0 Å². The largest absolute Gasteiger partial charge is 0.370 e. The fraction of sp³-hybridized carbons (Fsp3) is 0.562. The molecule has 0 saturated carbocycles. The number of hydrogen-bond donors (Lipinski definition) is 1. The second-order valence-corrected chi connectivity index (χ2v) is 5.84. The van der Waals surface area contributed by atoms with Crippen molar-refractivity contribution >= 4 is 5.91 Å². The fourth-order valence-corrected chi connectivity index (χ4v) is 2.46. The molecule has 1 atom stereocenters. The van der Waals surface area contributed by atoms with Crippen LogP contribution in [-0.2, 0) is 16.0 Å². The van der Waals surface area contributed by atoms with Crippen molar-refractivity contribution in [3.63, 3.8) is 0 Å². The summed E-state index contributed by atoms with van der Waals surface area (Å²) in [5.74, 6) is 0.684. The summed E-state index contributed by atoms with van der Waals surface area (Å²) < 4.78 is 5.12. The highest BCUT2D eigenvalue weighted by molar-refractivity contribution is 5.78. The second kappa shape index (κ2) is 6.86. The second-order valence-electron chi connectivity index (χ2n) is 5.84. The Morgan fingerprint density at radius 3 is 2.60 bits per heavy atom. The van der Waals surface area contributed by atoms with Gasteiger partial charge in [0.25, 0.3) is 0 Å². The van der Waals surface area contributed by atoms with Gasteiger partial charge >= 0.3 is 0 Å². The summed E-state index contributed by atoms with van der Waals surface area (Å²) in [4.78, 5) is 13.5. The molecule has 0 aromatic heterocycles. The van der Waals surface area contributed by atoms with Crippen molar-refractivity contribution in [3.8, 4) is 0 Å². The molecule has 0 radical (unpaired) electrons. The highest BCUT2D eigenvalue weighted by atomic mass is 16.5. The molecule has 20 heavy (non-hydrogen) atoms. The number of carbonyl (C=O) groups excluding carboxylic acids is 1. The van der Waals surface area contributed by atoms with Crippen LogP contribution < -0.4 is 5.73 Å². The normalized spacial score (nSPS) is 17.6. The van der Waals surface area contributed by atoms with Crippen molar-refractivity contribution in [2.45, 2.75) is 26.3 Å². The van der Waals surface area contributed by atoms with Gasteiger partial charge in [-0.25, -0.2) is 0 Å². The van der Waals surface area contributed by atoms with Crippen LogP contribution in [-0.4, -0.2) is 37.1 Å². The first kappa shape index (κ1) is 15.0. The first-order valence-electron chi connectivity index (χ1n) is 7.26. The van der Waals surface area contributed by atoms with Gasteiger partial charge in [-0.15, -0.1) is 0 Å². The summed E-state index contributed by atoms with van der Waals surface area (Å²) in [6, 6.07) is 8.29. The van der Waals surface area contributed by atoms with Crippen LogP contribution in [0.2, 0.25) is 0 Å². The predicted octanol–water partition coefficient (Wildman–Crippen LogP) is 1.74. The third kappa shape index (κ3) is 4.05. The third-order valence-electron chi connectivity index (χ3n) is 3.55. The molecule has 110 valence electrons. The van der Waals surface area contributed by atoms with E-state index in [0.29, 0.717) is 25.6 Å². The molecule has 0 bridgehead atoms. The lowest BCUT2D eigenvalue weighted by Crippen LogP contribution is -2.44. The highest BCUT2D eigenvalue weighted by Crippen LogP contribution is 2.16. The molecule has 1 aromatic rings. The Morgan fingerprint density at radius 1 is 1.30 bits per heavy atom. The number of amides is 1. The average Bonchev–Trinajstić information content (AvgIpc) is 2.41. The maximum atomic E-state index is 11.7. The molecule has 1 fully saturated rings. The number of hydrogen-bond acceptors (Lipinski definition) is 3. The minimum Gasteiger partial charge on any atom is -0.370 e. The van der Waals surface area contributed by atoms with E-state index >= 15 is 0 Å². The Kier molecular flexibility index (Phi) is 5.15. The lowest BCUT2D eigenvalue weighted by molar-refractivity contribution is -0.142. The van der Waals surface area contributed by atoms with Crippen molar-refractivity contribution in [2.75, 3.05) is 26.3 Å². The maximum absolute atomic E-state index is 11.7. The number of carbonyl (C=O) groups is 1. The van der Waals surface area contributed by atoms with Gasteiger partial charge in [-0.05, 0) is 23.5 Å². The molecule has 1 aliphatic rings. The summed E-state index contributed by atoms with van der Waals surface area (Å²) in [6.07, 6.45) is 1.08. The Morgan fingerprint density at radius 2 is 2.00 bits per heavy atom. The Bertz CT molecular complexity index is 442. The van der Waals surface area contributed by atoms with Crippen LogP contribution in [0.15, 0.2) is 24.3 Å². The van der Waals surface area contributed by atoms with Gasteiger partial charge in [0.2, 0.25) is 5.91 Å². The van der Waals surface area contributed by atoms with Crippen molar-refractivity contribution in [3.05, 3.63) is 35.4 Å². The maximum Gasteiger partial charge on any atom is 0.248 e. The summed E-state index contributed by atoms with van der Waals surface area (Å²) in [5, 5.41) is 0. The summed E-state index contributed by atoms with van der Waals surface area (Å²) in [7, 11) is 0.